The number of hydrogen-bond acceptors (Lipinski definition) is 3. The van der Waals surface area contributed by atoms with E-state index in [0.29, 0.717) is 19.8 Å². The molecule has 0 unspecified atom stereocenters. The first-order valence-corrected chi connectivity index (χ1v) is 4.20. The van der Waals surface area contributed by atoms with Crippen LogP contribution in [0.25, 0.3) is 0 Å². The Kier molecular flexibility index (Phi) is 7.87. The summed E-state index contributed by atoms with van der Waals surface area (Å²) in [5, 5.41) is 0. The average molecular weight is 172 g/mol. The van der Waals surface area contributed by atoms with Crippen LogP contribution in [-0.4, -0.2) is 26.1 Å². The molecule has 0 aliphatic rings. The van der Waals surface area contributed by atoms with Crippen LogP contribution in [0.3, 0.4) is 0 Å². The quantitative estimate of drug-likeness (QED) is 0.463. The van der Waals surface area contributed by atoms with Crippen LogP contribution in [0.1, 0.15) is 20.8 Å². The van der Waals surface area contributed by atoms with Gasteiger partial charge in [0, 0.05) is 19.1 Å². The van der Waals surface area contributed by atoms with Crippen molar-refractivity contribution in [2.45, 2.75) is 27.1 Å². The molecule has 0 saturated carbocycles. The molecular formula is C9H16O3. The lowest BCUT2D eigenvalue weighted by molar-refractivity contribution is -0.0974. The van der Waals surface area contributed by atoms with Crippen molar-refractivity contribution in [3.8, 4) is 12.0 Å². The summed E-state index contributed by atoms with van der Waals surface area (Å²) in [6, 6.07) is 0. The van der Waals surface area contributed by atoms with Gasteiger partial charge in [0.2, 0.25) is 6.29 Å². The Labute approximate surface area is 74.0 Å². The van der Waals surface area contributed by atoms with Gasteiger partial charge in [-0.1, -0.05) is 0 Å². The van der Waals surface area contributed by atoms with Gasteiger partial charge >= 0.3 is 0 Å². The van der Waals surface area contributed by atoms with Gasteiger partial charge in [-0.3, -0.25) is 0 Å². The van der Waals surface area contributed by atoms with Crippen molar-refractivity contribution >= 4 is 0 Å². The maximum absolute atomic E-state index is 5.15. The summed E-state index contributed by atoms with van der Waals surface area (Å²) in [7, 11) is 0. The van der Waals surface area contributed by atoms with Gasteiger partial charge in [0.15, 0.2) is 0 Å². The molecule has 70 valence electrons. The van der Waals surface area contributed by atoms with E-state index in [0.717, 1.165) is 0 Å². The molecule has 0 aliphatic carbocycles. The first-order chi connectivity index (χ1) is 5.85. The fourth-order valence-electron chi connectivity index (χ4n) is 0.596. The van der Waals surface area contributed by atoms with Crippen LogP contribution in [0.2, 0.25) is 0 Å². The van der Waals surface area contributed by atoms with Crippen molar-refractivity contribution < 1.29 is 14.2 Å². The molecule has 0 saturated heterocycles. The zero-order chi connectivity index (χ0) is 9.23. The van der Waals surface area contributed by atoms with Gasteiger partial charge in [-0.15, -0.1) is 0 Å². The third-order valence-electron chi connectivity index (χ3n) is 1.03. The van der Waals surface area contributed by atoms with E-state index in [1.165, 1.54) is 0 Å². The predicted molar refractivity (Wildman–Crippen MR) is 46.4 cm³/mol. The van der Waals surface area contributed by atoms with E-state index in [1.54, 1.807) is 0 Å². The first kappa shape index (κ1) is 11.3. The summed E-state index contributed by atoms with van der Waals surface area (Å²) < 4.78 is 15.1. The van der Waals surface area contributed by atoms with Crippen molar-refractivity contribution in [3.05, 3.63) is 0 Å². The van der Waals surface area contributed by atoms with Gasteiger partial charge < -0.3 is 14.2 Å². The van der Waals surface area contributed by atoms with Gasteiger partial charge in [0.05, 0.1) is 6.61 Å². The second kappa shape index (κ2) is 8.38. The molecule has 0 rings (SSSR count). The first-order valence-electron chi connectivity index (χ1n) is 4.20. The highest BCUT2D eigenvalue weighted by atomic mass is 16.7. The summed E-state index contributed by atoms with van der Waals surface area (Å²) in [5.41, 5.74) is 0. The minimum atomic E-state index is -0.452. The number of ether oxygens (including phenoxy) is 3. The molecule has 0 bridgehead atoms. The van der Waals surface area contributed by atoms with E-state index in [-0.39, 0.29) is 0 Å². The van der Waals surface area contributed by atoms with E-state index in [2.05, 4.69) is 12.0 Å². The molecule has 0 fully saturated rings. The maximum atomic E-state index is 5.15. The Morgan fingerprint density at radius 2 is 1.58 bits per heavy atom. The van der Waals surface area contributed by atoms with Crippen molar-refractivity contribution in [2.24, 2.45) is 0 Å². The fraction of sp³-hybridized carbons (Fsp3) is 0.778. The Morgan fingerprint density at radius 1 is 1.00 bits per heavy atom. The van der Waals surface area contributed by atoms with Crippen LogP contribution in [0.5, 0.6) is 0 Å². The maximum Gasteiger partial charge on any atom is 0.225 e. The smallest absolute Gasteiger partial charge is 0.225 e. The molecule has 0 N–H and O–H groups in total. The van der Waals surface area contributed by atoms with Crippen molar-refractivity contribution in [1.82, 2.24) is 0 Å². The Morgan fingerprint density at radius 3 is 2.00 bits per heavy atom. The summed E-state index contributed by atoms with van der Waals surface area (Å²) >= 11 is 0. The molecule has 0 aromatic carbocycles. The van der Waals surface area contributed by atoms with E-state index in [4.69, 9.17) is 14.2 Å². The highest BCUT2D eigenvalue weighted by Crippen LogP contribution is 1.92. The lowest BCUT2D eigenvalue weighted by atomic mass is 10.6. The molecule has 0 radical (unpaired) electrons. The minimum absolute atomic E-state index is 0.452. The topological polar surface area (TPSA) is 27.7 Å². The molecule has 12 heavy (non-hydrogen) atoms. The van der Waals surface area contributed by atoms with E-state index >= 15 is 0 Å². The summed E-state index contributed by atoms with van der Waals surface area (Å²) in [5.74, 6) is 2.71. The highest BCUT2D eigenvalue weighted by molar-refractivity contribution is 4.95. The zero-order valence-electron chi connectivity index (χ0n) is 7.92. The minimum Gasteiger partial charge on any atom is -0.447 e. The molecular weight excluding hydrogens is 156 g/mol. The van der Waals surface area contributed by atoms with Crippen LogP contribution >= 0.6 is 0 Å². The lowest BCUT2D eigenvalue weighted by Gasteiger charge is -2.08. The van der Waals surface area contributed by atoms with Crippen LogP contribution in [-0.2, 0) is 14.2 Å². The van der Waals surface area contributed by atoms with E-state index in [9.17, 15) is 0 Å². The molecule has 0 atom stereocenters. The van der Waals surface area contributed by atoms with Gasteiger partial charge in [-0.2, -0.15) is 0 Å². The Bertz CT molecular complexity index is 140. The molecule has 3 heteroatoms. The van der Waals surface area contributed by atoms with Crippen molar-refractivity contribution in [3.63, 3.8) is 0 Å². The van der Waals surface area contributed by atoms with Crippen molar-refractivity contribution in [1.29, 1.82) is 0 Å². The molecule has 3 nitrogen and oxygen atoms in total. The highest BCUT2D eigenvalue weighted by Gasteiger charge is 2.01. The SMILES string of the molecule is CCOC#CC(OCC)OCC. The van der Waals surface area contributed by atoms with Crippen LogP contribution < -0.4 is 0 Å². The zero-order valence-corrected chi connectivity index (χ0v) is 7.92. The van der Waals surface area contributed by atoms with Crippen LogP contribution in [0.4, 0.5) is 0 Å². The fourth-order valence-corrected chi connectivity index (χ4v) is 0.596. The average Bonchev–Trinajstić information content (AvgIpc) is 2.06. The van der Waals surface area contributed by atoms with Crippen LogP contribution in [0.15, 0.2) is 0 Å². The molecule has 0 amide bonds. The number of rotatable bonds is 5. The Hall–Kier alpha value is -0.720. The third-order valence-corrected chi connectivity index (χ3v) is 1.03. The lowest BCUT2D eigenvalue weighted by Crippen LogP contribution is -2.14. The summed E-state index contributed by atoms with van der Waals surface area (Å²) in [6.07, 6.45) is 2.05. The van der Waals surface area contributed by atoms with Gasteiger partial charge in [-0.25, -0.2) is 0 Å². The number of hydrogen-bond donors (Lipinski definition) is 0. The molecule has 0 spiro atoms. The molecule has 0 aromatic heterocycles. The second-order valence-electron chi connectivity index (χ2n) is 1.92. The van der Waals surface area contributed by atoms with E-state index < -0.39 is 6.29 Å². The normalized spacial score (nSPS) is 9.33. The van der Waals surface area contributed by atoms with Gasteiger partial charge in [0.1, 0.15) is 6.11 Å². The van der Waals surface area contributed by atoms with Crippen LogP contribution in [0, 0.1) is 12.0 Å². The monoisotopic (exact) mass is 172 g/mol. The third kappa shape index (κ3) is 6.02. The second-order valence-corrected chi connectivity index (χ2v) is 1.92. The largest absolute Gasteiger partial charge is 0.447 e. The molecule has 0 aliphatic heterocycles. The predicted octanol–water partition coefficient (Wildman–Crippen LogP) is 1.38. The van der Waals surface area contributed by atoms with Gasteiger partial charge in [-0.05, 0) is 20.8 Å². The molecule has 0 heterocycles. The summed E-state index contributed by atoms with van der Waals surface area (Å²) in [4.78, 5) is 0. The summed E-state index contributed by atoms with van der Waals surface area (Å²) in [6.45, 7) is 7.43. The standard InChI is InChI=1S/C9H16O3/c1-4-10-8-7-9(11-5-2)12-6-3/h9H,4-6H2,1-3H3. The van der Waals surface area contributed by atoms with Crippen molar-refractivity contribution in [2.75, 3.05) is 19.8 Å². The Balaban J connectivity index is 3.70. The van der Waals surface area contributed by atoms with E-state index in [1.807, 2.05) is 20.8 Å². The van der Waals surface area contributed by atoms with Gasteiger partial charge in [0.25, 0.3) is 0 Å². The molecule has 0 aromatic rings.